The van der Waals surface area contributed by atoms with E-state index in [1.54, 1.807) is 4.90 Å². The molecule has 0 bridgehead atoms. The molecule has 0 unspecified atom stereocenters. The Labute approximate surface area is 117 Å². The van der Waals surface area contributed by atoms with Crippen molar-refractivity contribution in [2.24, 2.45) is 5.73 Å². The van der Waals surface area contributed by atoms with Crippen molar-refractivity contribution in [1.29, 1.82) is 0 Å². The third-order valence-corrected chi connectivity index (χ3v) is 2.74. The minimum absolute atomic E-state index is 0.0422. The van der Waals surface area contributed by atoms with Gasteiger partial charge < -0.3 is 15.4 Å². The van der Waals surface area contributed by atoms with E-state index in [-0.39, 0.29) is 11.7 Å². The van der Waals surface area contributed by atoms with Gasteiger partial charge in [0, 0.05) is 18.7 Å². The Morgan fingerprint density at radius 2 is 1.95 bits per heavy atom. The molecule has 2 N–H and O–H groups in total. The summed E-state index contributed by atoms with van der Waals surface area (Å²) in [5.41, 5.74) is 5.91. The molecule has 1 aromatic carbocycles. The van der Waals surface area contributed by atoms with Gasteiger partial charge in [0.05, 0.1) is 0 Å². The molecule has 0 radical (unpaired) electrons. The van der Waals surface area contributed by atoms with Crippen LogP contribution in [0.5, 0.6) is 5.75 Å². The summed E-state index contributed by atoms with van der Waals surface area (Å²) in [5, 5.41) is 0. The summed E-state index contributed by atoms with van der Waals surface area (Å²) in [4.78, 5) is 14.0. The lowest BCUT2D eigenvalue weighted by Crippen LogP contribution is -2.33. The molecule has 0 aliphatic heterocycles. The van der Waals surface area contributed by atoms with Crippen LogP contribution in [0.3, 0.4) is 0 Å². The van der Waals surface area contributed by atoms with Crippen LogP contribution < -0.4 is 10.5 Å². The van der Waals surface area contributed by atoms with Gasteiger partial charge in [-0.1, -0.05) is 6.92 Å². The Bertz CT molecular complexity index is 410. The van der Waals surface area contributed by atoms with Crippen molar-refractivity contribution in [3.8, 4) is 5.75 Å². The van der Waals surface area contributed by atoms with Gasteiger partial charge in [-0.15, -0.1) is 0 Å². The highest BCUT2D eigenvalue weighted by Gasteiger charge is 2.14. The minimum Gasteiger partial charge on any atom is -0.435 e. The van der Waals surface area contributed by atoms with Gasteiger partial charge in [0.2, 0.25) is 0 Å². The zero-order valence-corrected chi connectivity index (χ0v) is 11.5. The van der Waals surface area contributed by atoms with Crippen molar-refractivity contribution in [1.82, 2.24) is 4.90 Å². The van der Waals surface area contributed by atoms with E-state index >= 15 is 0 Å². The topological polar surface area (TPSA) is 55.6 Å². The third kappa shape index (κ3) is 5.13. The molecule has 0 fully saturated rings. The second kappa shape index (κ2) is 8.47. The van der Waals surface area contributed by atoms with E-state index in [2.05, 4.69) is 4.74 Å². The van der Waals surface area contributed by atoms with Crippen molar-refractivity contribution in [3.05, 3.63) is 29.8 Å². The lowest BCUT2D eigenvalue weighted by atomic mass is 10.2. The molecular formula is C14H20F2N2O2. The van der Waals surface area contributed by atoms with Gasteiger partial charge in [-0.3, -0.25) is 4.79 Å². The summed E-state index contributed by atoms with van der Waals surface area (Å²) in [6.45, 7) is 0.890. The Kier molecular flexibility index (Phi) is 6.93. The summed E-state index contributed by atoms with van der Waals surface area (Å²) >= 11 is 0. The maximum Gasteiger partial charge on any atom is 0.387 e. The fourth-order valence-electron chi connectivity index (χ4n) is 1.83. The van der Waals surface area contributed by atoms with Crippen LogP contribution in [0, 0.1) is 0 Å². The molecule has 0 spiro atoms. The van der Waals surface area contributed by atoms with Crippen LogP contribution in [0.4, 0.5) is 8.78 Å². The van der Waals surface area contributed by atoms with Gasteiger partial charge in [-0.25, -0.2) is 0 Å². The lowest BCUT2D eigenvalue weighted by Gasteiger charge is -2.22. The van der Waals surface area contributed by atoms with Gasteiger partial charge in [-0.05, 0) is 43.7 Å². The molecule has 1 amide bonds. The zero-order valence-electron chi connectivity index (χ0n) is 11.5. The number of carbonyl (C=O) groups excluding carboxylic acids is 1. The number of benzene rings is 1. The van der Waals surface area contributed by atoms with E-state index in [1.165, 1.54) is 24.3 Å². The molecule has 0 saturated heterocycles. The molecule has 0 atom stereocenters. The third-order valence-electron chi connectivity index (χ3n) is 2.74. The van der Waals surface area contributed by atoms with Gasteiger partial charge in [0.15, 0.2) is 0 Å². The number of ether oxygens (including phenoxy) is 1. The highest BCUT2D eigenvalue weighted by molar-refractivity contribution is 5.94. The smallest absolute Gasteiger partial charge is 0.387 e. The van der Waals surface area contributed by atoms with E-state index in [0.717, 1.165) is 12.8 Å². The summed E-state index contributed by atoms with van der Waals surface area (Å²) in [6, 6.07) is 5.72. The average Bonchev–Trinajstić information content (AvgIpc) is 2.43. The van der Waals surface area contributed by atoms with Crippen molar-refractivity contribution >= 4 is 5.91 Å². The van der Waals surface area contributed by atoms with Crippen LogP contribution in [0.1, 0.15) is 30.1 Å². The lowest BCUT2D eigenvalue weighted by molar-refractivity contribution is -0.0498. The van der Waals surface area contributed by atoms with Crippen LogP contribution in [-0.2, 0) is 0 Å². The SMILES string of the molecule is CCCN(CCCN)C(=O)c1ccc(OC(F)F)cc1. The molecule has 112 valence electrons. The van der Waals surface area contributed by atoms with Gasteiger partial charge >= 0.3 is 6.61 Å². The molecule has 6 heteroatoms. The maximum atomic E-state index is 12.3. The summed E-state index contributed by atoms with van der Waals surface area (Å²) < 4.78 is 28.3. The predicted molar refractivity (Wildman–Crippen MR) is 72.9 cm³/mol. The van der Waals surface area contributed by atoms with E-state index < -0.39 is 6.61 Å². The fraction of sp³-hybridized carbons (Fsp3) is 0.500. The number of nitrogens with zero attached hydrogens (tertiary/aromatic N) is 1. The molecule has 0 saturated carbocycles. The average molecular weight is 286 g/mol. The molecule has 0 aliphatic carbocycles. The minimum atomic E-state index is -2.86. The molecule has 0 aromatic heterocycles. The Balaban J connectivity index is 2.72. The van der Waals surface area contributed by atoms with E-state index in [4.69, 9.17) is 5.73 Å². The molecule has 0 heterocycles. The zero-order chi connectivity index (χ0) is 15.0. The van der Waals surface area contributed by atoms with E-state index in [0.29, 0.717) is 25.2 Å². The number of hydrogen-bond acceptors (Lipinski definition) is 3. The summed E-state index contributed by atoms with van der Waals surface area (Å²) in [5.74, 6) is -0.0792. The largest absolute Gasteiger partial charge is 0.435 e. The van der Waals surface area contributed by atoms with Crippen LogP contribution in [0.2, 0.25) is 0 Å². The first-order valence-corrected chi connectivity index (χ1v) is 6.62. The first kappa shape index (κ1) is 16.4. The van der Waals surface area contributed by atoms with Crippen LogP contribution >= 0.6 is 0 Å². The molecule has 0 aliphatic rings. The predicted octanol–water partition coefficient (Wildman–Crippen LogP) is 2.49. The number of halogens is 2. The highest BCUT2D eigenvalue weighted by Crippen LogP contribution is 2.16. The van der Waals surface area contributed by atoms with Crippen molar-refractivity contribution in [2.45, 2.75) is 26.4 Å². The number of alkyl halides is 2. The van der Waals surface area contributed by atoms with Crippen LogP contribution in [0.15, 0.2) is 24.3 Å². The van der Waals surface area contributed by atoms with Gasteiger partial charge in [0.25, 0.3) is 5.91 Å². The second-order valence-electron chi connectivity index (χ2n) is 4.34. The number of rotatable bonds is 8. The standard InChI is InChI=1S/C14H20F2N2O2/c1-2-9-18(10-3-8-17)13(19)11-4-6-12(7-5-11)20-14(15)16/h4-7,14H,2-3,8-10,17H2,1H3. The Hall–Kier alpha value is -1.69. The monoisotopic (exact) mass is 286 g/mol. The summed E-state index contributed by atoms with van der Waals surface area (Å²) in [7, 11) is 0. The fourth-order valence-corrected chi connectivity index (χ4v) is 1.83. The summed E-state index contributed by atoms with van der Waals surface area (Å²) in [6.07, 6.45) is 1.58. The molecule has 1 aromatic rings. The van der Waals surface area contributed by atoms with Crippen LogP contribution in [0.25, 0.3) is 0 Å². The van der Waals surface area contributed by atoms with Crippen molar-refractivity contribution < 1.29 is 18.3 Å². The Morgan fingerprint density at radius 3 is 2.45 bits per heavy atom. The number of nitrogens with two attached hydrogens (primary N) is 1. The number of hydrogen-bond donors (Lipinski definition) is 1. The van der Waals surface area contributed by atoms with E-state index in [1.807, 2.05) is 6.92 Å². The first-order chi connectivity index (χ1) is 9.58. The molecule has 20 heavy (non-hydrogen) atoms. The first-order valence-electron chi connectivity index (χ1n) is 6.62. The molecular weight excluding hydrogens is 266 g/mol. The second-order valence-corrected chi connectivity index (χ2v) is 4.34. The number of carbonyl (C=O) groups is 1. The Morgan fingerprint density at radius 1 is 1.30 bits per heavy atom. The normalized spacial score (nSPS) is 10.7. The number of amides is 1. The van der Waals surface area contributed by atoms with Gasteiger partial charge in [0.1, 0.15) is 5.75 Å². The maximum absolute atomic E-state index is 12.3. The molecule has 4 nitrogen and oxygen atoms in total. The molecule has 1 rings (SSSR count). The van der Waals surface area contributed by atoms with Crippen molar-refractivity contribution in [3.63, 3.8) is 0 Å². The highest BCUT2D eigenvalue weighted by atomic mass is 19.3. The van der Waals surface area contributed by atoms with Crippen LogP contribution in [-0.4, -0.2) is 37.1 Å². The van der Waals surface area contributed by atoms with Crippen molar-refractivity contribution in [2.75, 3.05) is 19.6 Å². The quantitative estimate of drug-likeness (QED) is 0.798. The van der Waals surface area contributed by atoms with Gasteiger partial charge in [-0.2, -0.15) is 8.78 Å². The van der Waals surface area contributed by atoms with E-state index in [9.17, 15) is 13.6 Å².